The molecule has 1 saturated heterocycles. The first-order valence-corrected chi connectivity index (χ1v) is 19.6. The van der Waals surface area contributed by atoms with Gasteiger partial charge in [0.2, 0.25) is 5.91 Å². The zero-order valence-electron chi connectivity index (χ0n) is 27.7. The van der Waals surface area contributed by atoms with Crippen LogP contribution in [0.5, 0.6) is 0 Å². The molecule has 2 aromatic carbocycles. The molecule has 238 valence electrons. The fourth-order valence-corrected chi connectivity index (χ4v) is 9.14. The molecule has 5 atom stereocenters. The lowest BCUT2D eigenvalue weighted by molar-refractivity contribution is -0.146. The van der Waals surface area contributed by atoms with Gasteiger partial charge in [0.15, 0.2) is 0 Å². The van der Waals surface area contributed by atoms with Gasteiger partial charge in [-0.25, -0.2) is 0 Å². The largest absolute Gasteiger partial charge is 0.501 e. The van der Waals surface area contributed by atoms with Crippen molar-refractivity contribution in [3.63, 3.8) is 0 Å². The number of carbonyl (C=O) groups is 4. The van der Waals surface area contributed by atoms with E-state index >= 15 is 0 Å². The lowest BCUT2D eigenvalue weighted by Gasteiger charge is -2.45. The van der Waals surface area contributed by atoms with Crippen molar-refractivity contribution < 1.29 is 23.9 Å². The van der Waals surface area contributed by atoms with E-state index in [1.807, 2.05) is 48.6 Å². The summed E-state index contributed by atoms with van der Waals surface area (Å²) in [6.45, 7) is 12.4. The van der Waals surface area contributed by atoms with Gasteiger partial charge in [-0.2, -0.15) is 0 Å². The van der Waals surface area contributed by atoms with Crippen molar-refractivity contribution in [2.75, 3.05) is 7.11 Å². The third kappa shape index (κ3) is 6.88. The molecule has 1 fully saturated rings. The smallest absolute Gasteiger partial charge is 0.260 e. The molecule has 45 heavy (non-hydrogen) atoms. The summed E-state index contributed by atoms with van der Waals surface area (Å²) in [7, 11) is -0.0361. The fraction of sp³-hybridized carbons (Fsp3) is 0.421. The number of imide groups is 1. The van der Waals surface area contributed by atoms with E-state index < -0.39 is 37.3 Å². The van der Waals surface area contributed by atoms with Crippen molar-refractivity contribution in [1.29, 1.82) is 0 Å². The molecule has 0 unspecified atom stereocenters. The fourth-order valence-electron chi connectivity index (χ4n) is 7.47. The summed E-state index contributed by atoms with van der Waals surface area (Å²) in [5, 5.41) is 0. The van der Waals surface area contributed by atoms with E-state index in [-0.39, 0.29) is 17.6 Å². The van der Waals surface area contributed by atoms with Crippen LogP contribution in [0.15, 0.2) is 95.8 Å². The lowest BCUT2D eigenvalue weighted by atomic mass is 9.55. The molecule has 0 spiro atoms. The SMILES string of the molecule is CO/C(CC/C=C/[C@H]1C=C(C[Si](C)(C)C)[C@@H](C)[C@H]2[C@H](Cc3ccccc3)N(C(=O)c3ccccc3)C(=O)[C@]21C(C)=O)=C(\C)C=O. The molecule has 7 heteroatoms. The topological polar surface area (TPSA) is 80.8 Å². The van der Waals surface area contributed by atoms with Gasteiger partial charge in [0.1, 0.15) is 23.2 Å². The predicted octanol–water partition coefficient (Wildman–Crippen LogP) is 7.46. The molecule has 1 heterocycles. The molecule has 6 nitrogen and oxygen atoms in total. The summed E-state index contributed by atoms with van der Waals surface area (Å²) < 4.78 is 5.43. The second-order valence-electron chi connectivity index (χ2n) is 13.7. The zero-order chi connectivity index (χ0) is 32.9. The van der Waals surface area contributed by atoms with Crippen molar-refractivity contribution in [3.05, 3.63) is 107 Å². The predicted molar refractivity (Wildman–Crippen MR) is 181 cm³/mol. The number of rotatable bonds is 12. The molecule has 0 bridgehead atoms. The van der Waals surface area contributed by atoms with E-state index in [9.17, 15) is 19.2 Å². The number of ether oxygens (including phenoxy) is 1. The van der Waals surface area contributed by atoms with E-state index in [4.69, 9.17) is 4.74 Å². The minimum atomic E-state index is -1.59. The number of likely N-dealkylation sites (tertiary alicyclic amines) is 1. The Bertz CT molecular complexity index is 1500. The first kappa shape index (κ1) is 34.0. The van der Waals surface area contributed by atoms with Crippen LogP contribution in [0.4, 0.5) is 0 Å². The van der Waals surface area contributed by atoms with Crippen LogP contribution in [0.3, 0.4) is 0 Å². The Kier molecular flexibility index (Phi) is 10.6. The maximum Gasteiger partial charge on any atom is 0.260 e. The summed E-state index contributed by atoms with van der Waals surface area (Å²) in [6, 6.07) is 19.3. The monoisotopic (exact) mass is 625 g/mol. The molecule has 4 rings (SSSR count). The van der Waals surface area contributed by atoms with Crippen LogP contribution in [-0.4, -0.2) is 50.0 Å². The number of benzene rings is 2. The summed E-state index contributed by atoms with van der Waals surface area (Å²) >= 11 is 0. The number of aldehydes is 1. The molecule has 1 aliphatic carbocycles. The van der Waals surface area contributed by atoms with Crippen LogP contribution in [0.25, 0.3) is 0 Å². The zero-order valence-corrected chi connectivity index (χ0v) is 28.7. The Hall–Kier alpha value is -3.84. The second-order valence-corrected chi connectivity index (χ2v) is 19.2. The Morgan fingerprint density at radius 2 is 1.62 bits per heavy atom. The Labute approximate surface area is 269 Å². The minimum Gasteiger partial charge on any atom is -0.501 e. The number of hydrogen-bond acceptors (Lipinski definition) is 5. The molecular weight excluding hydrogens is 579 g/mol. The van der Waals surface area contributed by atoms with Gasteiger partial charge in [0, 0.05) is 43.5 Å². The number of fused-ring (bicyclic) bond motifs is 1. The van der Waals surface area contributed by atoms with Crippen molar-refractivity contribution in [1.82, 2.24) is 4.90 Å². The average molecular weight is 626 g/mol. The number of methoxy groups -OCH3 is 1. The van der Waals surface area contributed by atoms with E-state index in [2.05, 4.69) is 32.6 Å². The molecule has 0 radical (unpaired) electrons. The number of ketones is 1. The summed E-state index contributed by atoms with van der Waals surface area (Å²) in [5.74, 6) is -1.35. The molecular formula is C38H47NO5Si. The summed E-state index contributed by atoms with van der Waals surface area (Å²) in [5.41, 5.74) is 1.84. The number of hydrogen-bond donors (Lipinski definition) is 0. The Morgan fingerprint density at radius 1 is 1.00 bits per heavy atom. The molecule has 0 aromatic heterocycles. The van der Waals surface area contributed by atoms with E-state index in [0.717, 1.165) is 17.9 Å². The standard InChI is InChI=1S/C38H47NO5Si/c1-26(24-40)34(44-4)21-15-14-20-32-23-31(25-45(5,6)7)27(2)35-33(22-29-16-10-8-11-17-29)39(37(43)38(32,35)28(3)41)36(42)30-18-12-9-13-19-30/h8-14,16-20,23-24,27,32-33,35H,15,21-22,25H2,1-7H3/b20-14+,34-26+/t27-,32+,33+,35+,38+/m1/s1. The molecule has 2 aliphatic rings. The van der Waals surface area contributed by atoms with Crippen molar-refractivity contribution in [2.45, 2.75) is 71.8 Å². The highest BCUT2D eigenvalue weighted by atomic mass is 28.3. The first-order chi connectivity index (χ1) is 21.4. The van der Waals surface area contributed by atoms with Gasteiger partial charge in [-0.3, -0.25) is 24.1 Å². The molecule has 0 N–H and O–H groups in total. The van der Waals surface area contributed by atoms with E-state index in [0.29, 0.717) is 36.2 Å². The lowest BCUT2D eigenvalue weighted by Crippen LogP contribution is -2.52. The number of nitrogens with zero attached hydrogens (tertiary/aromatic N) is 1. The molecule has 2 amide bonds. The Morgan fingerprint density at radius 3 is 2.18 bits per heavy atom. The normalized spacial score (nSPS) is 25.4. The quantitative estimate of drug-likeness (QED) is 0.0465. The highest BCUT2D eigenvalue weighted by molar-refractivity contribution is 6.76. The van der Waals surface area contributed by atoms with Crippen molar-refractivity contribution >= 4 is 32.0 Å². The Balaban J connectivity index is 1.89. The number of allylic oxidation sites excluding steroid dienone is 6. The maximum atomic E-state index is 14.9. The summed E-state index contributed by atoms with van der Waals surface area (Å²) in [6.07, 6.45) is 8.49. The molecule has 1 aliphatic heterocycles. The molecule has 0 saturated carbocycles. The first-order valence-electron chi connectivity index (χ1n) is 15.9. The minimum absolute atomic E-state index is 0.0743. The molecule has 2 aromatic rings. The van der Waals surface area contributed by atoms with E-state index in [1.165, 1.54) is 17.4 Å². The van der Waals surface area contributed by atoms with Gasteiger partial charge in [-0.1, -0.05) is 98.9 Å². The van der Waals surface area contributed by atoms with Crippen molar-refractivity contribution in [2.24, 2.45) is 23.2 Å². The van der Waals surface area contributed by atoms with Gasteiger partial charge < -0.3 is 4.74 Å². The third-order valence-electron chi connectivity index (χ3n) is 9.48. The van der Waals surface area contributed by atoms with Gasteiger partial charge in [-0.15, -0.1) is 0 Å². The average Bonchev–Trinajstić information content (AvgIpc) is 3.27. The van der Waals surface area contributed by atoms with E-state index in [1.54, 1.807) is 38.3 Å². The van der Waals surface area contributed by atoms with Gasteiger partial charge >= 0.3 is 0 Å². The van der Waals surface area contributed by atoms with Gasteiger partial charge in [-0.05, 0) is 56.3 Å². The highest BCUT2D eigenvalue weighted by Gasteiger charge is 2.68. The van der Waals surface area contributed by atoms with Crippen molar-refractivity contribution in [3.8, 4) is 0 Å². The van der Waals surface area contributed by atoms with Crippen LogP contribution in [0, 0.1) is 23.2 Å². The number of Topliss-reactive ketones (excluding diaryl/α,β-unsaturated/α-hetero) is 1. The van der Waals surface area contributed by atoms with Gasteiger partial charge in [0.25, 0.3) is 5.91 Å². The second kappa shape index (κ2) is 14.1. The van der Waals surface area contributed by atoms with Crippen LogP contribution in [0.2, 0.25) is 25.7 Å². The summed E-state index contributed by atoms with van der Waals surface area (Å²) in [4.78, 5) is 56.1. The van der Waals surface area contributed by atoms with Crippen LogP contribution >= 0.6 is 0 Å². The highest BCUT2D eigenvalue weighted by Crippen LogP contribution is 2.58. The number of carbonyl (C=O) groups excluding carboxylic acids is 4. The van der Waals surface area contributed by atoms with Crippen LogP contribution < -0.4 is 0 Å². The van der Waals surface area contributed by atoms with Crippen LogP contribution in [-0.2, 0) is 25.5 Å². The van der Waals surface area contributed by atoms with Crippen LogP contribution in [0.1, 0.15) is 49.5 Å². The number of amides is 2. The maximum absolute atomic E-state index is 14.9. The third-order valence-corrected chi connectivity index (χ3v) is 10.9. The van der Waals surface area contributed by atoms with Gasteiger partial charge in [0.05, 0.1) is 7.11 Å².